The quantitative estimate of drug-likeness (QED) is 0.784. The van der Waals surface area contributed by atoms with Crippen LogP contribution >= 0.6 is 0 Å². The molecule has 1 aliphatic heterocycles. The number of piperidine rings is 1. The Morgan fingerprint density at radius 3 is 2.60 bits per heavy atom. The monoisotopic (exact) mass is 278 g/mol. The summed E-state index contributed by atoms with van der Waals surface area (Å²) in [7, 11) is 0. The summed E-state index contributed by atoms with van der Waals surface area (Å²) in [6, 6.07) is 1.32. The summed E-state index contributed by atoms with van der Waals surface area (Å²) in [5.74, 6) is -0.418. The maximum absolute atomic E-state index is 12.0. The molecule has 1 aliphatic rings. The fourth-order valence-corrected chi connectivity index (χ4v) is 2.25. The van der Waals surface area contributed by atoms with Gasteiger partial charge >= 0.3 is 0 Å². The zero-order chi connectivity index (χ0) is 14.7. The Morgan fingerprint density at radius 1 is 1.40 bits per heavy atom. The van der Waals surface area contributed by atoms with E-state index in [1.807, 2.05) is 0 Å². The van der Waals surface area contributed by atoms with Crippen LogP contribution in [-0.4, -0.2) is 46.0 Å². The van der Waals surface area contributed by atoms with Crippen LogP contribution in [0.5, 0.6) is 0 Å². The number of amides is 2. The lowest BCUT2D eigenvalue weighted by atomic mass is 10.0. The van der Waals surface area contributed by atoms with Crippen molar-refractivity contribution in [3.8, 4) is 0 Å². The Morgan fingerprint density at radius 2 is 2.05 bits per heavy atom. The summed E-state index contributed by atoms with van der Waals surface area (Å²) in [4.78, 5) is 36.6. The number of likely N-dealkylation sites (tertiary alicyclic amines) is 1. The second-order valence-corrected chi connectivity index (χ2v) is 5.02. The third kappa shape index (κ3) is 3.23. The van der Waals surface area contributed by atoms with Crippen LogP contribution in [0.4, 0.5) is 0 Å². The molecular weight excluding hydrogens is 260 g/mol. The van der Waals surface area contributed by atoms with Gasteiger partial charge in [0, 0.05) is 37.8 Å². The molecule has 0 aromatic carbocycles. The Labute approximate surface area is 116 Å². The molecule has 0 radical (unpaired) electrons. The fourth-order valence-electron chi connectivity index (χ4n) is 2.25. The lowest BCUT2D eigenvalue weighted by Gasteiger charge is -2.31. The SMILES string of the molecule is CC(=O)N1CCC(NC(=O)c2n[nH]c(C)cc2=O)CC1. The number of aromatic nitrogens is 2. The summed E-state index contributed by atoms with van der Waals surface area (Å²) in [6.45, 7) is 4.48. The third-order valence-corrected chi connectivity index (χ3v) is 3.42. The number of H-pyrrole nitrogens is 1. The second-order valence-electron chi connectivity index (χ2n) is 5.02. The van der Waals surface area contributed by atoms with E-state index in [0.29, 0.717) is 31.6 Å². The number of carbonyl (C=O) groups excluding carboxylic acids is 2. The molecule has 7 heteroatoms. The van der Waals surface area contributed by atoms with Crippen molar-refractivity contribution in [2.45, 2.75) is 32.7 Å². The van der Waals surface area contributed by atoms with Crippen LogP contribution in [0.3, 0.4) is 0 Å². The number of aryl methyl sites for hydroxylation is 1. The first-order valence-corrected chi connectivity index (χ1v) is 6.60. The Kier molecular flexibility index (Phi) is 4.16. The first-order chi connectivity index (χ1) is 9.47. The van der Waals surface area contributed by atoms with Crippen molar-refractivity contribution >= 4 is 11.8 Å². The van der Waals surface area contributed by atoms with Gasteiger partial charge in [-0.15, -0.1) is 0 Å². The van der Waals surface area contributed by atoms with E-state index in [-0.39, 0.29) is 23.1 Å². The number of nitrogens with one attached hydrogen (secondary N) is 2. The van der Waals surface area contributed by atoms with Crippen LogP contribution < -0.4 is 10.7 Å². The van der Waals surface area contributed by atoms with Crippen molar-refractivity contribution in [1.29, 1.82) is 0 Å². The van der Waals surface area contributed by atoms with E-state index in [1.165, 1.54) is 13.0 Å². The lowest BCUT2D eigenvalue weighted by Crippen LogP contribution is -2.46. The third-order valence-electron chi connectivity index (χ3n) is 3.42. The summed E-state index contributed by atoms with van der Waals surface area (Å²) in [5.41, 5.74) is 0.103. The van der Waals surface area contributed by atoms with E-state index >= 15 is 0 Å². The van der Waals surface area contributed by atoms with E-state index in [9.17, 15) is 14.4 Å². The predicted octanol–water partition coefficient (Wildman–Crippen LogP) is -0.181. The Bertz CT molecular complexity index is 573. The molecule has 1 aromatic heterocycles. The first kappa shape index (κ1) is 14.2. The van der Waals surface area contributed by atoms with Crippen molar-refractivity contribution in [3.63, 3.8) is 0 Å². The Hall–Kier alpha value is -2.18. The van der Waals surface area contributed by atoms with Crippen molar-refractivity contribution in [2.75, 3.05) is 13.1 Å². The van der Waals surface area contributed by atoms with Crippen molar-refractivity contribution < 1.29 is 9.59 Å². The van der Waals surface area contributed by atoms with Gasteiger partial charge in [-0.1, -0.05) is 0 Å². The minimum absolute atomic E-state index is 0.0272. The van der Waals surface area contributed by atoms with Crippen molar-refractivity contribution in [1.82, 2.24) is 20.4 Å². The highest BCUT2D eigenvalue weighted by atomic mass is 16.2. The number of aromatic amines is 1. The van der Waals surface area contributed by atoms with E-state index in [4.69, 9.17) is 0 Å². The Balaban J connectivity index is 1.96. The van der Waals surface area contributed by atoms with Gasteiger partial charge in [0.1, 0.15) is 0 Å². The van der Waals surface area contributed by atoms with E-state index in [2.05, 4.69) is 15.5 Å². The normalized spacial score (nSPS) is 16.0. The molecule has 2 rings (SSSR count). The van der Waals surface area contributed by atoms with Crippen LogP contribution in [0.15, 0.2) is 10.9 Å². The number of carbonyl (C=O) groups is 2. The smallest absolute Gasteiger partial charge is 0.276 e. The molecule has 0 spiro atoms. The molecule has 0 bridgehead atoms. The molecule has 2 N–H and O–H groups in total. The lowest BCUT2D eigenvalue weighted by molar-refractivity contribution is -0.129. The molecule has 0 unspecified atom stereocenters. The van der Waals surface area contributed by atoms with Gasteiger partial charge < -0.3 is 10.2 Å². The van der Waals surface area contributed by atoms with Gasteiger partial charge in [0.25, 0.3) is 5.91 Å². The molecule has 20 heavy (non-hydrogen) atoms. The summed E-state index contributed by atoms with van der Waals surface area (Å²) >= 11 is 0. The van der Waals surface area contributed by atoms with E-state index in [0.717, 1.165) is 0 Å². The first-order valence-electron chi connectivity index (χ1n) is 6.60. The van der Waals surface area contributed by atoms with Crippen LogP contribution in [0.2, 0.25) is 0 Å². The highest BCUT2D eigenvalue weighted by Gasteiger charge is 2.23. The summed E-state index contributed by atoms with van der Waals surface area (Å²) < 4.78 is 0. The fraction of sp³-hybridized carbons (Fsp3) is 0.538. The van der Waals surface area contributed by atoms with Gasteiger partial charge in [0.05, 0.1) is 0 Å². The minimum atomic E-state index is -0.465. The topological polar surface area (TPSA) is 95.2 Å². The maximum Gasteiger partial charge on any atom is 0.276 e. The average molecular weight is 278 g/mol. The molecular formula is C13H18N4O3. The summed E-state index contributed by atoms with van der Waals surface area (Å²) in [5, 5.41) is 9.18. The predicted molar refractivity (Wildman–Crippen MR) is 72.3 cm³/mol. The molecule has 2 heterocycles. The van der Waals surface area contributed by atoms with Crippen molar-refractivity contribution in [2.24, 2.45) is 0 Å². The molecule has 108 valence electrons. The van der Waals surface area contributed by atoms with Gasteiger partial charge in [-0.25, -0.2) is 0 Å². The van der Waals surface area contributed by atoms with Gasteiger partial charge in [0.15, 0.2) is 5.69 Å². The molecule has 0 aliphatic carbocycles. The highest BCUT2D eigenvalue weighted by molar-refractivity contribution is 5.92. The van der Waals surface area contributed by atoms with Crippen LogP contribution in [0.25, 0.3) is 0 Å². The summed E-state index contributed by atoms with van der Waals surface area (Å²) in [6.07, 6.45) is 1.38. The number of hydrogen-bond donors (Lipinski definition) is 2. The highest BCUT2D eigenvalue weighted by Crippen LogP contribution is 2.10. The van der Waals surface area contributed by atoms with Gasteiger partial charge in [-0.3, -0.25) is 19.5 Å². The maximum atomic E-state index is 12.0. The number of hydrogen-bond acceptors (Lipinski definition) is 4. The molecule has 2 amide bonds. The largest absolute Gasteiger partial charge is 0.348 e. The molecule has 1 saturated heterocycles. The molecule has 0 saturated carbocycles. The van der Waals surface area contributed by atoms with Crippen LogP contribution in [0.1, 0.15) is 35.9 Å². The zero-order valence-electron chi connectivity index (χ0n) is 11.6. The van der Waals surface area contributed by atoms with Gasteiger partial charge in [-0.2, -0.15) is 5.10 Å². The van der Waals surface area contributed by atoms with Gasteiger partial charge in [0.2, 0.25) is 11.3 Å². The van der Waals surface area contributed by atoms with E-state index < -0.39 is 5.91 Å². The second kappa shape index (κ2) is 5.85. The van der Waals surface area contributed by atoms with E-state index in [1.54, 1.807) is 11.8 Å². The molecule has 7 nitrogen and oxygen atoms in total. The van der Waals surface area contributed by atoms with Gasteiger partial charge in [-0.05, 0) is 19.8 Å². The van der Waals surface area contributed by atoms with Crippen LogP contribution in [0, 0.1) is 6.92 Å². The molecule has 1 fully saturated rings. The minimum Gasteiger partial charge on any atom is -0.348 e. The number of nitrogens with zero attached hydrogens (tertiary/aromatic N) is 2. The standard InChI is InChI=1S/C13H18N4O3/c1-8-7-11(19)12(16-15-8)13(20)14-10-3-5-17(6-4-10)9(2)18/h7,10H,3-6H2,1-2H3,(H,14,20)(H,15,19). The molecule has 0 atom stereocenters. The van der Waals surface area contributed by atoms with Crippen LogP contribution in [-0.2, 0) is 4.79 Å². The average Bonchev–Trinajstić information content (AvgIpc) is 2.39. The van der Waals surface area contributed by atoms with Crippen molar-refractivity contribution in [3.05, 3.63) is 27.7 Å². The zero-order valence-corrected chi connectivity index (χ0v) is 11.6. The number of rotatable bonds is 2. The molecule has 1 aromatic rings.